The normalized spacial score (nSPS) is 11.0. The predicted octanol–water partition coefficient (Wildman–Crippen LogP) is 2.70. The molecule has 0 saturated heterocycles. The number of carboxylic acids is 1. The fraction of sp³-hybridized carbons (Fsp3) is 0.250. The van der Waals surface area contributed by atoms with Crippen LogP contribution in [0.15, 0.2) is 39.9 Å². The van der Waals surface area contributed by atoms with Crippen molar-refractivity contribution in [3.8, 4) is 11.3 Å². The molecule has 136 valence electrons. The van der Waals surface area contributed by atoms with Crippen LogP contribution in [0.2, 0.25) is 5.02 Å². The lowest BCUT2D eigenvalue weighted by Gasteiger charge is -2.04. The predicted molar refractivity (Wildman–Crippen MR) is 97.3 cm³/mol. The molecule has 0 aliphatic rings. The molecule has 1 aromatic carbocycles. The molecule has 0 aliphatic heterocycles. The van der Waals surface area contributed by atoms with Crippen molar-refractivity contribution in [2.24, 2.45) is 7.05 Å². The van der Waals surface area contributed by atoms with Crippen molar-refractivity contribution in [2.75, 3.05) is 12.3 Å². The zero-order valence-corrected chi connectivity index (χ0v) is 15.4. The van der Waals surface area contributed by atoms with Gasteiger partial charge in [0, 0.05) is 24.9 Å². The molecule has 0 unspecified atom stereocenters. The summed E-state index contributed by atoms with van der Waals surface area (Å²) in [5.41, 5.74) is 0.721. The van der Waals surface area contributed by atoms with Crippen LogP contribution in [0.1, 0.15) is 16.1 Å². The minimum atomic E-state index is -1.01. The first kappa shape index (κ1) is 18.4. The fourth-order valence-electron chi connectivity index (χ4n) is 2.23. The van der Waals surface area contributed by atoms with Crippen molar-refractivity contribution >= 4 is 29.3 Å². The van der Waals surface area contributed by atoms with E-state index in [1.807, 2.05) is 6.07 Å². The molecule has 0 fully saturated rings. The topological polar surface area (TPSA) is 106 Å². The maximum atomic E-state index is 11.1. The van der Waals surface area contributed by atoms with Crippen molar-refractivity contribution in [3.05, 3.63) is 46.7 Å². The number of aromatic carboxylic acids is 1. The second-order valence-corrected chi connectivity index (χ2v) is 6.85. The number of hydrogen-bond acceptors (Lipinski definition) is 7. The molecule has 0 bridgehead atoms. The van der Waals surface area contributed by atoms with E-state index in [9.17, 15) is 4.79 Å². The van der Waals surface area contributed by atoms with Gasteiger partial charge in [0.15, 0.2) is 0 Å². The first-order valence-electron chi connectivity index (χ1n) is 7.72. The van der Waals surface area contributed by atoms with E-state index in [0.29, 0.717) is 22.9 Å². The Kier molecular flexibility index (Phi) is 5.92. The van der Waals surface area contributed by atoms with Gasteiger partial charge in [0.2, 0.25) is 5.16 Å². The van der Waals surface area contributed by atoms with Crippen LogP contribution in [0.3, 0.4) is 0 Å². The number of rotatable bonds is 8. The second-order valence-electron chi connectivity index (χ2n) is 5.38. The van der Waals surface area contributed by atoms with Gasteiger partial charge in [0.1, 0.15) is 11.5 Å². The zero-order valence-electron chi connectivity index (χ0n) is 13.8. The smallest absolute Gasteiger partial charge is 0.335 e. The highest BCUT2D eigenvalue weighted by Gasteiger charge is 2.12. The molecule has 3 rings (SSSR count). The lowest BCUT2D eigenvalue weighted by molar-refractivity contribution is 0.0697. The van der Waals surface area contributed by atoms with Crippen LogP contribution in [0.4, 0.5) is 0 Å². The van der Waals surface area contributed by atoms with Crippen LogP contribution < -0.4 is 5.32 Å². The Morgan fingerprint density at radius 2 is 2.23 bits per heavy atom. The van der Waals surface area contributed by atoms with Crippen molar-refractivity contribution in [1.82, 2.24) is 25.5 Å². The maximum Gasteiger partial charge on any atom is 0.335 e. The van der Waals surface area contributed by atoms with Gasteiger partial charge in [-0.15, -0.1) is 5.10 Å². The summed E-state index contributed by atoms with van der Waals surface area (Å²) in [5.74, 6) is 1.08. The van der Waals surface area contributed by atoms with Crippen LogP contribution in [0, 0.1) is 0 Å². The molecule has 0 amide bonds. The van der Waals surface area contributed by atoms with E-state index < -0.39 is 5.97 Å². The monoisotopic (exact) mass is 393 g/mol. The number of halogens is 1. The summed E-state index contributed by atoms with van der Waals surface area (Å²) < 4.78 is 7.40. The Balaban J connectivity index is 1.54. The molecule has 0 saturated carbocycles. The summed E-state index contributed by atoms with van der Waals surface area (Å²) in [5, 5.41) is 24.8. The summed E-state index contributed by atoms with van der Waals surface area (Å²) in [6, 6.07) is 8.14. The number of carboxylic acid groups (broad SMARTS) is 1. The number of tetrazole rings is 1. The van der Waals surface area contributed by atoms with Gasteiger partial charge in [-0.05, 0) is 40.8 Å². The Morgan fingerprint density at radius 1 is 1.38 bits per heavy atom. The number of hydrogen-bond donors (Lipinski definition) is 2. The van der Waals surface area contributed by atoms with Crippen LogP contribution in [0.5, 0.6) is 0 Å². The summed E-state index contributed by atoms with van der Waals surface area (Å²) >= 11 is 7.72. The molecule has 0 radical (unpaired) electrons. The van der Waals surface area contributed by atoms with Gasteiger partial charge < -0.3 is 14.8 Å². The second kappa shape index (κ2) is 8.35. The third-order valence-electron chi connectivity index (χ3n) is 3.53. The number of nitrogens with zero attached hydrogens (tertiary/aromatic N) is 4. The lowest BCUT2D eigenvalue weighted by atomic mass is 10.1. The highest BCUT2D eigenvalue weighted by atomic mass is 35.5. The molecule has 2 N–H and O–H groups in total. The molecular formula is C16H16ClN5O3S. The first-order valence-corrected chi connectivity index (χ1v) is 9.09. The fourth-order valence-corrected chi connectivity index (χ4v) is 3.19. The molecular weight excluding hydrogens is 378 g/mol. The van der Waals surface area contributed by atoms with Gasteiger partial charge in [0.05, 0.1) is 17.1 Å². The van der Waals surface area contributed by atoms with E-state index in [1.165, 1.54) is 12.1 Å². The van der Waals surface area contributed by atoms with Gasteiger partial charge >= 0.3 is 5.97 Å². The van der Waals surface area contributed by atoms with Gasteiger partial charge in [0.25, 0.3) is 0 Å². The van der Waals surface area contributed by atoms with E-state index in [0.717, 1.165) is 23.2 Å². The van der Waals surface area contributed by atoms with Crippen molar-refractivity contribution in [2.45, 2.75) is 11.7 Å². The molecule has 2 heterocycles. The van der Waals surface area contributed by atoms with Crippen LogP contribution in [-0.4, -0.2) is 43.6 Å². The molecule has 10 heteroatoms. The van der Waals surface area contributed by atoms with E-state index in [2.05, 4.69) is 20.8 Å². The van der Waals surface area contributed by atoms with Gasteiger partial charge in [-0.3, -0.25) is 0 Å². The molecule has 26 heavy (non-hydrogen) atoms. The van der Waals surface area contributed by atoms with E-state index in [-0.39, 0.29) is 5.56 Å². The number of aromatic nitrogens is 4. The summed E-state index contributed by atoms with van der Waals surface area (Å²) in [6.07, 6.45) is 0. The van der Waals surface area contributed by atoms with Crippen LogP contribution >= 0.6 is 23.4 Å². The van der Waals surface area contributed by atoms with Gasteiger partial charge in [-0.1, -0.05) is 23.4 Å². The molecule has 2 aromatic heterocycles. The first-order chi connectivity index (χ1) is 12.5. The molecule has 3 aromatic rings. The number of carbonyl (C=O) groups is 1. The van der Waals surface area contributed by atoms with Crippen LogP contribution in [0.25, 0.3) is 11.3 Å². The third-order valence-corrected chi connectivity index (χ3v) is 4.87. The molecule has 0 atom stereocenters. The standard InChI is InChI=1S/C16H16ClN5O3S/c1-22-16(19-20-21-22)26-7-6-18-9-11-3-5-14(25-11)12-8-10(15(23)24)2-4-13(12)17/h2-5,8,18H,6-7,9H2,1H3,(H,23,24). The quantitative estimate of drug-likeness (QED) is 0.444. The third kappa shape index (κ3) is 4.43. The molecule has 0 aliphatic carbocycles. The number of thioether (sulfide) groups is 1. The van der Waals surface area contributed by atoms with Crippen molar-refractivity contribution in [1.29, 1.82) is 0 Å². The largest absolute Gasteiger partial charge is 0.478 e. The van der Waals surface area contributed by atoms with E-state index in [1.54, 1.807) is 35.6 Å². The van der Waals surface area contributed by atoms with E-state index in [4.69, 9.17) is 21.1 Å². The zero-order chi connectivity index (χ0) is 18.5. The minimum absolute atomic E-state index is 0.163. The lowest BCUT2D eigenvalue weighted by Crippen LogP contribution is -2.16. The maximum absolute atomic E-state index is 11.1. The van der Waals surface area contributed by atoms with Crippen molar-refractivity contribution in [3.63, 3.8) is 0 Å². The highest BCUT2D eigenvalue weighted by molar-refractivity contribution is 7.99. The Morgan fingerprint density at radius 3 is 2.96 bits per heavy atom. The number of aryl methyl sites for hydroxylation is 1. The summed E-state index contributed by atoms with van der Waals surface area (Å²) in [6.45, 7) is 1.30. The van der Waals surface area contributed by atoms with Crippen molar-refractivity contribution < 1.29 is 14.3 Å². The average Bonchev–Trinajstić information content (AvgIpc) is 3.24. The SMILES string of the molecule is Cn1nnnc1SCCNCc1ccc(-c2cc(C(=O)O)ccc2Cl)o1. The summed E-state index contributed by atoms with van der Waals surface area (Å²) in [4.78, 5) is 11.1. The van der Waals surface area contributed by atoms with Gasteiger partial charge in [-0.25, -0.2) is 9.48 Å². The summed E-state index contributed by atoms with van der Waals surface area (Å²) in [7, 11) is 1.80. The van der Waals surface area contributed by atoms with Gasteiger partial charge in [-0.2, -0.15) is 0 Å². The number of furan rings is 1. The number of benzene rings is 1. The Hall–Kier alpha value is -2.36. The number of nitrogens with one attached hydrogen (secondary N) is 1. The molecule has 8 nitrogen and oxygen atoms in total. The van der Waals surface area contributed by atoms with E-state index >= 15 is 0 Å². The Labute approximate surface area is 158 Å². The Bertz CT molecular complexity index is 911. The van der Waals surface area contributed by atoms with Crippen LogP contribution in [-0.2, 0) is 13.6 Å². The molecule has 0 spiro atoms. The minimum Gasteiger partial charge on any atom is -0.478 e. The average molecular weight is 394 g/mol. The highest BCUT2D eigenvalue weighted by Crippen LogP contribution is 2.30.